The van der Waals surface area contributed by atoms with Gasteiger partial charge in [-0.2, -0.15) is 0 Å². The van der Waals surface area contributed by atoms with E-state index in [-0.39, 0.29) is 11.2 Å². The van der Waals surface area contributed by atoms with Crippen LogP contribution in [0.5, 0.6) is 0 Å². The van der Waals surface area contributed by atoms with Gasteiger partial charge in [0.25, 0.3) is 0 Å². The quantitative estimate of drug-likeness (QED) is 0.621. The van der Waals surface area contributed by atoms with Gasteiger partial charge in [0.2, 0.25) is 0 Å². The summed E-state index contributed by atoms with van der Waals surface area (Å²) in [5.41, 5.74) is 4.51. The van der Waals surface area contributed by atoms with Gasteiger partial charge in [-0.05, 0) is 18.6 Å². The number of rotatable bonds is 5. The van der Waals surface area contributed by atoms with Crippen molar-refractivity contribution < 1.29 is 9.53 Å². The fraction of sp³-hybridized carbons (Fsp3) is 0.458. The molecule has 3 aromatic rings. The molecule has 6 heteroatoms. The minimum atomic E-state index is -0.475. The molecular formula is C24H30N4O2. The smallest absolute Gasteiger partial charge is 0.171 e. The Labute approximate surface area is 177 Å². The molecular weight excluding hydrogens is 376 g/mol. The first-order chi connectivity index (χ1) is 14.2. The number of carbonyl (C=O) groups excluding carboxylic acids is 1. The number of carbonyl (C=O) groups is 1. The number of nitrogens with one attached hydrogen (secondary N) is 1. The zero-order chi connectivity index (χ0) is 21.5. The van der Waals surface area contributed by atoms with Crippen molar-refractivity contribution in [2.45, 2.75) is 34.1 Å². The Morgan fingerprint density at radius 3 is 2.87 bits per heavy atom. The summed E-state index contributed by atoms with van der Waals surface area (Å²) < 4.78 is 5.42. The molecule has 1 fully saturated rings. The third-order valence-corrected chi connectivity index (χ3v) is 5.86. The van der Waals surface area contributed by atoms with Gasteiger partial charge in [-0.3, -0.25) is 4.79 Å². The molecule has 1 saturated heterocycles. The summed E-state index contributed by atoms with van der Waals surface area (Å²) in [7, 11) is 1.77. The molecule has 0 spiro atoms. The number of ketones is 1. The number of hydrogen-bond donors (Lipinski definition) is 1. The van der Waals surface area contributed by atoms with E-state index in [9.17, 15) is 4.79 Å². The summed E-state index contributed by atoms with van der Waals surface area (Å²) >= 11 is 0. The first-order valence-electron chi connectivity index (χ1n) is 10.4. The molecule has 0 radical (unpaired) electrons. The maximum absolute atomic E-state index is 12.8. The van der Waals surface area contributed by atoms with E-state index in [1.165, 1.54) is 5.69 Å². The lowest BCUT2D eigenvalue weighted by atomic mass is 9.87. The molecule has 1 unspecified atom stereocenters. The Kier molecular flexibility index (Phi) is 5.14. The number of Topliss-reactive ketones (excluding diaryl/α,β-unsaturated/α-hetero) is 1. The van der Waals surface area contributed by atoms with E-state index in [2.05, 4.69) is 40.0 Å². The summed E-state index contributed by atoms with van der Waals surface area (Å²) in [5, 5.41) is 0. The Hall–Kier alpha value is -2.73. The number of methoxy groups -OCH3 is 1. The van der Waals surface area contributed by atoms with Gasteiger partial charge in [0.05, 0.1) is 24.1 Å². The molecule has 1 aliphatic heterocycles. The fourth-order valence-corrected chi connectivity index (χ4v) is 4.18. The molecule has 0 amide bonds. The second-order valence-corrected chi connectivity index (χ2v) is 9.70. The third-order valence-electron chi connectivity index (χ3n) is 5.86. The molecule has 1 aliphatic rings. The topological polar surface area (TPSA) is 71.1 Å². The molecule has 6 nitrogen and oxygen atoms in total. The second-order valence-electron chi connectivity index (χ2n) is 9.70. The SMILES string of the molecule is COCC1(C)CCN(c2cccc(-c3cnc4[nH]cc(C(=O)C(C)(C)C)c4n3)c2)C1. The first-order valence-corrected chi connectivity index (χ1v) is 10.4. The van der Waals surface area contributed by atoms with Gasteiger partial charge < -0.3 is 14.6 Å². The van der Waals surface area contributed by atoms with Crippen LogP contribution in [0, 0.1) is 10.8 Å². The Morgan fingerprint density at radius 1 is 1.33 bits per heavy atom. The number of benzene rings is 1. The van der Waals surface area contributed by atoms with Gasteiger partial charge in [0, 0.05) is 48.5 Å². The number of aromatic nitrogens is 3. The number of nitrogens with zero attached hydrogens (tertiary/aromatic N) is 3. The van der Waals surface area contributed by atoms with E-state index in [0.29, 0.717) is 16.7 Å². The first kappa shape index (κ1) is 20.5. The maximum Gasteiger partial charge on any atom is 0.171 e. The van der Waals surface area contributed by atoms with Gasteiger partial charge in [-0.25, -0.2) is 9.97 Å². The minimum Gasteiger partial charge on any atom is -0.384 e. The van der Waals surface area contributed by atoms with Gasteiger partial charge in [-0.15, -0.1) is 0 Å². The van der Waals surface area contributed by atoms with Crippen molar-refractivity contribution in [2.75, 3.05) is 31.7 Å². The Morgan fingerprint density at radius 2 is 2.13 bits per heavy atom. The molecule has 1 N–H and O–H groups in total. The highest BCUT2D eigenvalue weighted by Gasteiger charge is 2.34. The lowest BCUT2D eigenvalue weighted by molar-refractivity contribution is 0.0860. The van der Waals surface area contributed by atoms with E-state index in [0.717, 1.165) is 37.4 Å². The van der Waals surface area contributed by atoms with Crippen LogP contribution in [0.1, 0.15) is 44.5 Å². The predicted octanol–water partition coefficient (Wildman–Crippen LogP) is 4.72. The summed E-state index contributed by atoms with van der Waals surface area (Å²) in [6.07, 6.45) is 4.60. The Bertz CT molecular complexity index is 1080. The number of anilines is 1. The van der Waals surface area contributed by atoms with Crippen LogP contribution in [-0.4, -0.2) is 47.5 Å². The lowest BCUT2D eigenvalue weighted by Crippen LogP contribution is -2.28. The molecule has 30 heavy (non-hydrogen) atoms. The van der Waals surface area contributed by atoms with Crippen LogP contribution in [0.4, 0.5) is 5.69 Å². The molecule has 0 saturated carbocycles. The summed E-state index contributed by atoms with van der Waals surface area (Å²) in [6.45, 7) is 10.8. The van der Waals surface area contributed by atoms with E-state index in [1.807, 2.05) is 26.8 Å². The number of ether oxygens (including phenoxy) is 1. The van der Waals surface area contributed by atoms with E-state index >= 15 is 0 Å². The zero-order valence-electron chi connectivity index (χ0n) is 18.5. The van der Waals surface area contributed by atoms with Gasteiger partial charge in [0.15, 0.2) is 11.4 Å². The van der Waals surface area contributed by atoms with Crippen molar-refractivity contribution >= 4 is 22.6 Å². The fourth-order valence-electron chi connectivity index (χ4n) is 4.18. The molecule has 4 rings (SSSR count). The van der Waals surface area contributed by atoms with Crippen LogP contribution in [0.2, 0.25) is 0 Å². The summed E-state index contributed by atoms with van der Waals surface area (Å²) in [6, 6.07) is 8.40. The van der Waals surface area contributed by atoms with Crippen molar-refractivity contribution in [1.82, 2.24) is 15.0 Å². The molecule has 3 heterocycles. The minimum absolute atomic E-state index is 0.0587. The number of H-pyrrole nitrogens is 1. The largest absolute Gasteiger partial charge is 0.384 e. The van der Waals surface area contributed by atoms with Crippen LogP contribution in [0.25, 0.3) is 22.4 Å². The standard InChI is InChI=1S/C24H30N4O2/c1-23(2,3)21(29)18-12-25-22-20(18)27-19(13-26-22)16-7-6-8-17(11-16)28-10-9-24(4,14-28)15-30-5/h6-8,11-13H,9-10,14-15H2,1-5H3,(H,25,26). The van der Waals surface area contributed by atoms with Crippen LogP contribution in [0.3, 0.4) is 0 Å². The summed E-state index contributed by atoms with van der Waals surface area (Å²) in [5.74, 6) is 0.0587. The highest BCUT2D eigenvalue weighted by Crippen LogP contribution is 2.35. The van der Waals surface area contributed by atoms with Crippen molar-refractivity contribution in [2.24, 2.45) is 10.8 Å². The molecule has 1 atom stereocenters. The Balaban J connectivity index is 1.67. The van der Waals surface area contributed by atoms with Crippen LogP contribution in [0.15, 0.2) is 36.7 Å². The average Bonchev–Trinajstić information content (AvgIpc) is 3.30. The molecule has 2 aromatic heterocycles. The van der Waals surface area contributed by atoms with Gasteiger partial charge in [-0.1, -0.05) is 39.8 Å². The van der Waals surface area contributed by atoms with Gasteiger partial charge >= 0.3 is 0 Å². The van der Waals surface area contributed by atoms with Gasteiger partial charge in [0.1, 0.15) is 5.52 Å². The van der Waals surface area contributed by atoms with E-state index in [4.69, 9.17) is 9.72 Å². The van der Waals surface area contributed by atoms with E-state index < -0.39 is 5.41 Å². The zero-order valence-corrected chi connectivity index (χ0v) is 18.5. The van der Waals surface area contributed by atoms with Crippen molar-refractivity contribution in [3.63, 3.8) is 0 Å². The number of hydrogen-bond acceptors (Lipinski definition) is 5. The molecule has 0 aliphatic carbocycles. The monoisotopic (exact) mass is 406 g/mol. The highest BCUT2D eigenvalue weighted by molar-refractivity contribution is 6.08. The van der Waals surface area contributed by atoms with Crippen LogP contribution >= 0.6 is 0 Å². The highest BCUT2D eigenvalue weighted by atomic mass is 16.5. The van der Waals surface area contributed by atoms with Crippen molar-refractivity contribution in [1.29, 1.82) is 0 Å². The van der Waals surface area contributed by atoms with Crippen molar-refractivity contribution in [3.05, 3.63) is 42.2 Å². The second kappa shape index (κ2) is 7.51. The molecule has 1 aromatic carbocycles. The predicted molar refractivity (Wildman–Crippen MR) is 120 cm³/mol. The average molecular weight is 407 g/mol. The molecule has 0 bridgehead atoms. The third kappa shape index (κ3) is 3.84. The normalized spacial score (nSPS) is 19.6. The number of fused-ring (bicyclic) bond motifs is 1. The van der Waals surface area contributed by atoms with Crippen LogP contribution < -0.4 is 4.90 Å². The molecule has 158 valence electrons. The number of aromatic amines is 1. The summed E-state index contributed by atoms with van der Waals surface area (Å²) in [4.78, 5) is 27.6. The van der Waals surface area contributed by atoms with Crippen LogP contribution in [-0.2, 0) is 4.74 Å². The van der Waals surface area contributed by atoms with E-state index in [1.54, 1.807) is 19.5 Å². The van der Waals surface area contributed by atoms with Crippen molar-refractivity contribution in [3.8, 4) is 11.3 Å². The maximum atomic E-state index is 12.8. The lowest BCUT2D eigenvalue weighted by Gasteiger charge is -2.25.